The molecule has 0 saturated carbocycles. The fraction of sp³-hybridized carbons (Fsp3) is 0. The zero-order valence-electron chi connectivity index (χ0n) is 10.1. The molecule has 0 spiro atoms. The molecule has 0 saturated heterocycles. The van der Waals surface area contributed by atoms with Gasteiger partial charge in [-0.2, -0.15) is 0 Å². The number of rotatable bonds is 0. The van der Waals surface area contributed by atoms with Crippen molar-refractivity contribution in [3.63, 3.8) is 0 Å². The minimum absolute atomic E-state index is 0. The van der Waals surface area contributed by atoms with E-state index in [0.29, 0.717) is 5.75 Å². The molecule has 134 valence electrons. The van der Waals surface area contributed by atoms with E-state index in [1.54, 1.807) is 24.3 Å². The number of hydrogen-bond donors (Lipinski definition) is 1. The molecule has 0 radical (unpaired) electrons. The van der Waals surface area contributed by atoms with Crippen molar-refractivity contribution in [1.29, 1.82) is 0 Å². The molecule has 0 heterocycles. The van der Waals surface area contributed by atoms with E-state index in [0.717, 1.165) is 0 Å². The number of benzene rings is 1. The predicted molar refractivity (Wildman–Crippen MR) is 65.8 cm³/mol. The third kappa shape index (κ3) is 137. The summed E-state index contributed by atoms with van der Waals surface area (Å²) in [5.41, 5.74) is 0. The second kappa shape index (κ2) is 14.4. The van der Waals surface area contributed by atoms with E-state index in [1.807, 2.05) is 6.07 Å². The predicted octanol–water partition coefficient (Wildman–Crippen LogP) is 4.64. The Bertz CT molecular complexity index is 319. The van der Waals surface area contributed by atoms with E-state index >= 15 is 0 Å². The van der Waals surface area contributed by atoms with Gasteiger partial charge in [-0.3, -0.25) is 0 Å². The van der Waals surface area contributed by atoms with Crippen LogP contribution in [0.5, 0.6) is 5.75 Å². The molecule has 1 aromatic rings. The SMILES string of the molecule is F[B-](F)(F)F.F[B-](F)(F)F.F[B-](F)(F)F.Oc1ccccc1.[KH]. The number of phenols is 1. The van der Waals surface area contributed by atoms with Gasteiger partial charge in [-0.25, -0.2) is 0 Å². The van der Waals surface area contributed by atoms with Crippen LogP contribution in [0.3, 0.4) is 0 Å². The average Bonchev–Trinajstić information content (AvgIpc) is 2.09. The van der Waals surface area contributed by atoms with Crippen LogP contribution in [0.4, 0.5) is 51.8 Å². The molecule has 0 aromatic heterocycles. The van der Waals surface area contributed by atoms with Crippen molar-refractivity contribution >= 4 is 73.1 Å². The molecule has 0 amide bonds. The van der Waals surface area contributed by atoms with E-state index in [-0.39, 0.29) is 51.4 Å². The van der Waals surface area contributed by atoms with Crippen molar-refractivity contribution in [2.24, 2.45) is 0 Å². The van der Waals surface area contributed by atoms with Crippen molar-refractivity contribution in [3.05, 3.63) is 30.3 Å². The van der Waals surface area contributed by atoms with E-state index in [2.05, 4.69) is 0 Å². The quantitative estimate of drug-likeness (QED) is 0.502. The second-order valence-corrected chi connectivity index (χ2v) is 2.82. The summed E-state index contributed by atoms with van der Waals surface area (Å²) in [6, 6.07) is 8.71. The summed E-state index contributed by atoms with van der Waals surface area (Å²) in [4.78, 5) is 0. The first kappa shape index (κ1) is 30.8. The topological polar surface area (TPSA) is 20.2 Å². The van der Waals surface area contributed by atoms with Gasteiger partial charge in [0, 0.05) is 0 Å². The standard InChI is InChI=1S/C6H6O.3BF4.K.H/c7-6-4-2-1-3-5-6;3*2-1(3,4)5;;/h1-5,7H;;;;;/q;3*-1;;. The maximum atomic E-state index is 9.75. The zero-order chi connectivity index (χ0) is 18.6. The molecule has 1 rings (SSSR count). The van der Waals surface area contributed by atoms with Crippen molar-refractivity contribution in [1.82, 2.24) is 0 Å². The summed E-state index contributed by atoms with van der Waals surface area (Å²) in [7, 11) is -18.0. The average molecular weight is 395 g/mol. The molecule has 17 heteroatoms. The van der Waals surface area contributed by atoms with Crippen molar-refractivity contribution in [2.75, 3.05) is 0 Å². The molecule has 0 aliphatic rings. The molecule has 0 aliphatic carbocycles. The third-order valence-corrected chi connectivity index (χ3v) is 0.756. The Kier molecular flexibility index (Phi) is 19.3. The number of phenolic OH excluding ortho intramolecular Hbond substituents is 1. The molecule has 23 heavy (non-hydrogen) atoms. The molecule has 0 fully saturated rings. The van der Waals surface area contributed by atoms with Gasteiger partial charge in [0.2, 0.25) is 0 Å². The summed E-state index contributed by atoms with van der Waals surface area (Å²) in [6.07, 6.45) is 0. The zero-order valence-corrected chi connectivity index (χ0v) is 10.1. The van der Waals surface area contributed by atoms with Crippen molar-refractivity contribution < 1.29 is 56.9 Å². The van der Waals surface area contributed by atoms with Crippen LogP contribution in [-0.4, -0.2) is 78.3 Å². The Balaban J connectivity index is -0.000000105. The summed E-state index contributed by atoms with van der Waals surface area (Å²) < 4.78 is 117. The van der Waals surface area contributed by atoms with Gasteiger partial charge in [0.15, 0.2) is 0 Å². The normalized spacial score (nSPS) is 10.4. The molecule has 1 nitrogen and oxygen atoms in total. The molecule has 0 atom stereocenters. The monoisotopic (exact) mass is 395 g/mol. The fourth-order valence-electron chi connectivity index (χ4n) is 0.428. The van der Waals surface area contributed by atoms with Gasteiger partial charge < -0.3 is 56.9 Å². The van der Waals surface area contributed by atoms with Crippen LogP contribution in [0.1, 0.15) is 0 Å². The van der Waals surface area contributed by atoms with Crippen LogP contribution < -0.4 is 0 Å². The molecular formula is C6H7B3F12KO-3. The number of hydrogen-bond acceptors (Lipinski definition) is 1. The summed E-state index contributed by atoms with van der Waals surface area (Å²) in [5.74, 6) is 0.322. The third-order valence-electron chi connectivity index (χ3n) is 0.756. The molecule has 1 aromatic carbocycles. The molecule has 0 bridgehead atoms. The van der Waals surface area contributed by atoms with Gasteiger partial charge in [-0.15, -0.1) is 0 Å². The molecular weight excluding hydrogens is 388 g/mol. The van der Waals surface area contributed by atoms with Gasteiger partial charge in [0.25, 0.3) is 0 Å². The number of halogens is 12. The van der Waals surface area contributed by atoms with E-state index in [1.165, 1.54) is 0 Å². The first-order valence-electron chi connectivity index (χ1n) is 4.75. The Morgan fingerprint density at radius 3 is 0.783 bits per heavy atom. The fourth-order valence-corrected chi connectivity index (χ4v) is 0.428. The van der Waals surface area contributed by atoms with Gasteiger partial charge in [0.05, 0.1) is 0 Å². The van der Waals surface area contributed by atoms with E-state index in [4.69, 9.17) is 5.11 Å². The summed E-state index contributed by atoms with van der Waals surface area (Å²) >= 11 is 0. The summed E-state index contributed by atoms with van der Waals surface area (Å²) in [5, 5.41) is 8.63. The molecule has 0 unspecified atom stereocenters. The van der Waals surface area contributed by atoms with Crippen LogP contribution in [0, 0.1) is 0 Å². The number of para-hydroxylation sites is 1. The second-order valence-electron chi connectivity index (χ2n) is 2.82. The minimum atomic E-state index is -6.00. The Hall–Kier alpha value is 0.0112. The van der Waals surface area contributed by atoms with Crippen LogP contribution in [-0.2, 0) is 0 Å². The first-order valence-corrected chi connectivity index (χ1v) is 4.75. The van der Waals surface area contributed by atoms with Crippen LogP contribution in [0.15, 0.2) is 30.3 Å². The number of aromatic hydroxyl groups is 1. The van der Waals surface area contributed by atoms with Crippen LogP contribution >= 0.6 is 0 Å². The van der Waals surface area contributed by atoms with Crippen molar-refractivity contribution in [3.8, 4) is 5.75 Å². The Morgan fingerprint density at radius 1 is 0.522 bits per heavy atom. The van der Waals surface area contributed by atoms with E-state index < -0.39 is 21.8 Å². The Labute approximate surface area is 165 Å². The summed E-state index contributed by atoms with van der Waals surface area (Å²) in [6.45, 7) is 0. The van der Waals surface area contributed by atoms with E-state index in [9.17, 15) is 51.8 Å². The van der Waals surface area contributed by atoms with Crippen molar-refractivity contribution in [2.45, 2.75) is 0 Å². The van der Waals surface area contributed by atoms with Crippen LogP contribution in [0.25, 0.3) is 0 Å². The van der Waals surface area contributed by atoms with Gasteiger partial charge in [-0.05, 0) is 12.1 Å². The van der Waals surface area contributed by atoms with Gasteiger partial charge in [-0.1, -0.05) is 18.2 Å². The first-order chi connectivity index (χ1) is 9.39. The van der Waals surface area contributed by atoms with Gasteiger partial charge >= 0.3 is 73.1 Å². The maximum absolute atomic E-state index is 9.75. The molecule has 1 N–H and O–H groups in total. The van der Waals surface area contributed by atoms with Gasteiger partial charge in [0.1, 0.15) is 5.75 Å². The Morgan fingerprint density at radius 2 is 0.696 bits per heavy atom. The van der Waals surface area contributed by atoms with Crippen LogP contribution in [0.2, 0.25) is 0 Å². The molecule has 0 aliphatic heterocycles.